The summed E-state index contributed by atoms with van der Waals surface area (Å²) in [6.07, 6.45) is -0.0318. The molecule has 1 aliphatic rings. The Hall–Kier alpha value is -2.22. The number of benzene rings is 1. The van der Waals surface area contributed by atoms with Gasteiger partial charge in [0.2, 0.25) is 5.91 Å². The van der Waals surface area contributed by atoms with Gasteiger partial charge in [-0.3, -0.25) is 14.5 Å². The molecule has 24 heavy (non-hydrogen) atoms. The van der Waals surface area contributed by atoms with E-state index in [1.54, 1.807) is 11.4 Å². The summed E-state index contributed by atoms with van der Waals surface area (Å²) in [4.78, 5) is 25.6. The Balaban J connectivity index is 1.58. The lowest BCUT2D eigenvalue weighted by molar-refractivity contribution is -0.119. The second-order valence-electron chi connectivity index (χ2n) is 5.58. The van der Waals surface area contributed by atoms with E-state index in [-0.39, 0.29) is 18.6 Å². The van der Waals surface area contributed by atoms with Crippen molar-refractivity contribution < 1.29 is 14.3 Å². The van der Waals surface area contributed by atoms with Crippen LogP contribution in [-0.4, -0.2) is 43.0 Å². The number of amides is 2. The van der Waals surface area contributed by atoms with Gasteiger partial charge in [-0.25, -0.2) is 0 Å². The summed E-state index contributed by atoms with van der Waals surface area (Å²) in [5.41, 5.74) is 6.74. The zero-order valence-corrected chi connectivity index (χ0v) is 13.9. The summed E-state index contributed by atoms with van der Waals surface area (Å²) in [7, 11) is 0. The molecule has 1 atom stereocenters. The average molecular weight is 345 g/mol. The molecule has 0 aliphatic carbocycles. The van der Waals surface area contributed by atoms with E-state index in [1.807, 2.05) is 35.2 Å². The molecule has 2 heterocycles. The van der Waals surface area contributed by atoms with Crippen LogP contribution < -0.4 is 11.1 Å². The number of nitrogens with one attached hydrogen (secondary N) is 1. The number of morpholine rings is 1. The van der Waals surface area contributed by atoms with Crippen LogP contribution >= 0.6 is 11.3 Å². The highest BCUT2D eigenvalue weighted by atomic mass is 32.1. The maximum Gasteiger partial charge on any atom is 0.251 e. The lowest BCUT2D eigenvalue weighted by Gasteiger charge is -2.32. The van der Waals surface area contributed by atoms with E-state index in [4.69, 9.17) is 10.5 Å². The first kappa shape index (κ1) is 16.6. The number of hydrogen-bond acceptors (Lipinski definition) is 5. The first-order chi connectivity index (χ1) is 11.6. The highest BCUT2D eigenvalue weighted by Gasteiger charge is 2.23. The molecule has 1 unspecified atom stereocenters. The molecule has 1 saturated heterocycles. The molecular weight excluding hydrogens is 326 g/mol. The van der Waals surface area contributed by atoms with Gasteiger partial charge in [-0.2, -0.15) is 0 Å². The van der Waals surface area contributed by atoms with Gasteiger partial charge in [-0.1, -0.05) is 30.3 Å². The van der Waals surface area contributed by atoms with E-state index >= 15 is 0 Å². The number of thiophene rings is 1. The number of rotatable bonds is 5. The normalized spacial score (nSPS) is 18.2. The second kappa shape index (κ2) is 7.57. The summed E-state index contributed by atoms with van der Waals surface area (Å²) < 4.78 is 5.80. The Morgan fingerprint density at radius 1 is 1.29 bits per heavy atom. The van der Waals surface area contributed by atoms with Gasteiger partial charge in [0.15, 0.2) is 0 Å². The average Bonchev–Trinajstić information content (AvgIpc) is 3.04. The van der Waals surface area contributed by atoms with Crippen molar-refractivity contribution in [2.24, 2.45) is 5.73 Å². The second-order valence-corrected chi connectivity index (χ2v) is 6.50. The van der Waals surface area contributed by atoms with E-state index in [0.717, 1.165) is 5.56 Å². The van der Waals surface area contributed by atoms with Crippen molar-refractivity contribution in [2.45, 2.75) is 6.10 Å². The molecule has 1 aliphatic heterocycles. The Kier molecular flexibility index (Phi) is 5.24. The molecule has 3 rings (SSSR count). The molecule has 126 valence electrons. The molecule has 7 heteroatoms. The number of ether oxygens (including phenoxy) is 1. The largest absolute Gasteiger partial charge is 0.371 e. The lowest BCUT2D eigenvalue weighted by Crippen LogP contribution is -2.42. The molecule has 0 bridgehead atoms. The van der Waals surface area contributed by atoms with Crippen molar-refractivity contribution in [3.8, 4) is 0 Å². The van der Waals surface area contributed by atoms with Gasteiger partial charge in [0.05, 0.1) is 24.8 Å². The minimum atomic E-state index is -0.540. The maximum atomic E-state index is 12.3. The van der Waals surface area contributed by atoms with Crippen molar-refractivity contribution >= 4 is 28.2 Å². The van der Waals surface area contributed by atoms with Crippen LogP contribution in [0.4, 0.5) is 5.00 Å². The molecule has 1 aromatic carbocycles. The topological polar surface area (TPSA) is 84.7 Å². The standard InChI is InChI=1S/C17H19N3O3S/c18-16(22)13-6-9-24-17(13)19-15(21)11-20-7-8-23-14(10-20)12-4-2-1-3-5-12/h1-6,9,14H,7-8,10-11H2,(H2,18,22)(H,19,21). The Labute approximate surface area is 144 Å². The van der Waals surface area contributed by atoms with Gasteiger partial charge in [-0.05, 0) is 17.0 Å². The zero-order chi connectivity index (χ0) is 16.9. The fraction of sp³-hybridized carbons (Fsp3) is 0.294. The zero-order valence-electron chi connectivity index (χ0n) is 13.1. The third-order valence-corrected chi connectivity index (χ3v) is 4.70. The smallest absolute Gasteiger partial charge is 0.251 e. The van der Waals surface area contributed by atoms with Crippen molar-refractivity contribution in [2.75, 3.05) is 31.6 Å². The van der Waals surface area contributed by atoms with Crippen LogP contribution in [0.3, 0.4) is 0 Å². The molecule has 2 aromatic rings. The predicted molar refractivity (Wildman–Crippen MR) is 93.0 cm³/mol. The van der Waals surface area contributed by atoms with Crippen LogP contribution in [0.5, 0.6) is 0 Å². The summed E-state index contributed by atoms with van der Waals surface area (Å²) >= 11 is 1.29. The molecule has 1 fully saturated rings. The van der Waals surface area contributed by atoms with Gasteiger partial charge in [0, 0.05) is 13.1 Å². The molecule has 0 spiro atoms. The molecule has 0 radical (unpaired) electrons. The van der Waals surface area contributed by atoms with Crippen molar-refractivity contribution in [3.05, 3.63) is 52.9 Å². The predicted octanol–water partition coefficient (Wildman–Crippen LogP) is 1.86. The number of nitrogens with two attached hydrogens (primary N) is 1. The van der Waals surface area contributed by atoms with Crippen LogP contribution in [0.25, 0.3) is 0 Å². The quantitative estimate of drug-likeness (QED) is 0.866. The summed E-state index contributed by atoms with van der Waals surface area (Å²) in [5, 5.41) is 5.00. The van der Waals surface area contributed by atoms with Crippen LogP contribution in [0.15, 0.2) is 41.8 Å². The van der Waals surface area contributed by atoms with E-state index in [9.17, 15) is 9.59 Å². The van der Waals surface area contributed by atoms with Crippen LogP contribution in [0.1, 0.15) is 22.0 Å². The molecule has 3 N–H and O–H groups in total. The summed E-state index contributed by atoms with van der Waals surface area (Å²) in [6.45, 7) is 2.19. The van der Waals surface area contributed by atoms with Gasteiger partial charge in [-0.15, -0.1) is 11.3 Å². The Morgan fingerprint density at radius 2 is 2.08 bits per heavy atom. The van der Waals surface area contributed by atoms with Crippen LogP contribution in [0, 0.1) is 0 Å². The van der Waals surface area contributed by atoms with Gasteiger partial charge >= 0.3 is 0 Å². The molecule has 6 nitrogen and oxygen atoms in total. The van der Waals surface area contributed by atoms with E-state index in [0.29, 0.717) is 30.3 Å². The Bertz CT molecular complexity index is 717. The molecule has 0 saturated carbocycles. The van der Waals surface area contributed by atoms with Crippen LogP contribution in [-0.2, 0) is 9.53 Å². The molecule has 1 aromatic heterocycles. The summed E-state index contributed by atoms with van der Waals surface area (Å²) in [6, 6.07) is 11.6. The molecule has 2 amide bonds. The minimum absolute atomic E-state index is 0.0318. The van der Waals surface area contributed by atoms with Crippen molar-refractivity contribution in [1.82, 2.24) is 4.90 Å². The van der Waals surface area contributed by atoms with E-state index in [1.165, 1.54) is 11.3 Å². The first-order valence-corrected chi connectivity index (χ1v) is 8.57. The third-order valence-electron chi connectivity index (χ3n) is 3.87. The van der Waals surface area contributed by atoms with E-state index < -0.39 is 5.91 Å². The maximum absolute atomic E-state index is 12.3. The fourth-order valence-electron chi connectivity index (χ4n) is 2.68. The van der Waals surface area contributed by atoms with Gasteiger partial charge < -0.3 is 15.8 Å². The Morgan fingerprint density at radius 3 is 2.83 bits per heavy atom. The van der Waals surface area contributed by atoms with Gasteiger partial charge in [0.1, 0.15) is 5.00 Å². The third kappa shape index (κ3) is 4.00. The molecular formula is C17H19N3O3S. The van der Waals surface area contributed by atoms with Crippen LogP contribution in [0.2, 0.25) is 0 Å². The number of hydrogen-bond donors (Lipinski definition) is 2. The first-order valence-electron chi connectivity index (χ1n) is 7.69. The number of carbonyl (C=O) groups excluding carboxylic acids is 2. The lowest BCUT2D eigenvalue weighted by atomic mass is 10.1. The van der Waals surface area contributed by atoms with E-state index in [2.05, 4.69) is 5.32 Å². The van der Waals surface area contributed by atoms with Crippen molar-refractivity contribution in [1.29, 1.82) is 0 Å². The van der Waals surface area contributed by atoms with Crippen molar-refractivity contribution in [3.63, 3.8) is 0 Å². The van der Waals surface area contributed by atoms with Gasteiger partial charge in [0.25, 0.3) is 5.91 Å². The highest BCUT2D eigenvalue weighted by molar-refractivity contribution is 7.14. The number of carbonyl (C=O) groups is 2. The number of anilines is 1. The fourth-order valence-corrected chi connectivity index (χ4v) is 3.49. The highest BCUT2D eigenvalue weighted by Crippen LogP contribution is 2.24. The summed E-state index contributed by atoms with van der Waals surface area (Å²) in [5.74, 6) is -0.698. The SMILES string of the molecule is NC(=O)c1ccsc1NC(=O)CN1CCOC(c2ccccc2)C1. The number of nitrogens with zero attached hydrogens (tertiary/aromatic N) is 1. The minimum Gasteiger partial charge on any atom is -0.371 e. The number of primary amides is 1. The monoisotopic (exact) mass is 345 g/mol.